The quantitative estimate of drug-likeness (QED) is 0.227. The summed E-state index contributed by atoms with van der Waals surface area (Å²) in [5, 5.41) is 10.9. The van der Waals surface area contributed by atoms with Gasteiger partial charge in [-0.15, -0.1) is 0 Å². The number of rotatable bonds is 6. The topological polar surface area (TPSA) is 111 Å². The van der Waals surface area contributed by atoms with Gasteiger partial charge in [0, 0.05) is 42.8 Å². The Labute approximate surface area is 237 Å². The zero-order valence-electron chi connectivity index (χ0n) is 24.4. The van der Waals surface area contributed by atoms with E-state index in [1.54, 1.807) is 33.7 Å². The summed E-state index contributed by atoms with van der Waals surface area (Å²) < 4.78 is 18.0. The van der Waals surface area contributed by atoms with Crippen LogP contribution in [0.4, 0.5) is 15.3 Å². The molecule has 2 fully saturated rings. The second kappa shape index (κ2) is 12.1. The lowest BCUT2D eigenvalue weighted by Crippen LogP contribution is -2.51. The van der Waals surface area contributed by atoms with Crippen molar-refractivity contribution in [3.8, 4) is 0 Å². The van der Waals surface area contributed by atoms with E-state index in [0.29, 0.717) is 31.6 Å². The molecule has 10 nitrogen and oxygen atoms in total. The van der Waals surface area contributed by atoms with Crippen LogP contribution < -0.4 is 0 Å². The molecule has 2 heterocycles. The summed E-state index contributed by atoms with van der Waals surface area (Å²) in [6.07, 6.45) is -0.190. The molecule has 1 unspecified atom stereocenters. The van der Waals surface area contributed by atoms with Gasteiger partial charge in [0.2, 0.25) is 0 Å². The van der Waals surface area contributed by atoms with Gasteiger partial charge in [0.15, 0.2) is 8.32 Å². The van der Waals surface area contributed by atoms with Gasteiger partial charge in [0.25, 0.3) is 5.69 Å². The predicted octanol–water partition coefficient (Wildman–Crippen LogP) is 6.05. The zero-order valence-corrected chi connectivity index (χ0v) is 26.2. The lowest BCUT2D eigenvalue weighted by Gasteiger charge is -2.38. The summed E-state index contributed by atoms with van der Waals surface area (Å²) in [7, 11) is -2.05. The van der Waals surface area contributed by atoms with Gasteiger partial charge < -0.3 is 23.7 Å². The molecule has 0 saturated carbocycles. The molecule has 2 aliphatic heterocycles. The number of thioether (sulfide) groups is 1. The van der Waals surface area contributed by atoms with Crippen LogP contribution in [-0.4, -0.2) is 83.6 Å². The maximum Gasteiger partial charge on any atom is 0.410 e. The third-order valence-electron chi connectivity index (χ3n) is 7.49. The van der Waals surface area contributed by atoms with E-state index in [1.807, 2.05) is 20.8 Å². The number of amides is 2. The number of nitro benzene ring substituents is 1. The fourth-order valence-electron chi connectivity index (χ4n) is 4.41. The Hall–Kier alpha value is -2.31. The summed E-state index contributed by atoms with van der Waals surface area (Å²) in [4.78, 5) is 40.1. The molecule has 3 atom stereocenters. The number of carbonyl (C=O) groups is 2. The second-order valence-electron chi connectivity index (χ2n) is 12.8. The fourth-order valence-corrected chi connectivity index (χ4v) is 7.16. The molecule has 1 aromatic rings. The molecule has 2 saturated heterocycles. The number of likely N-dealkylation sites (tertiary alicyclic amines) is 1. The van der Waals surface area contributed by atoms with E-state index in [9.17, 15) is 19.7 Å². The van der Waals surface area contributed by atoms with Crippen molar-refractivity contribution in [1.82, 2.24) is 9.80 Å². The minimum absolute atomic E-state index is 0.00814. The second-order valence-corrected chi connectivity index (χ2v) is 18.9. The number of hydrogen-bond acceptors (Lipinski definition) is 8. The van der Waals surface area contributed by atoms with Crippen LogP contribution in [0.25, 0.3) is 0 Å². The number of nitrogens with zero attached hydrogens (tertiary/aromatic N) is 3. The minimum Gasteiger partial charge on any atom is -0.445 e. The molecule has 0 spiro atoms. The molecule has 3 rings (SSSR count). The molecule has 1 aromatic carbocycles. The van der Waals surface area contributed by atoms with Gasteiger partial charge in [-0.2, -0.15) is 11.8 Å². The molecule has 2 amide bonds. The number of nitro groups is 1. The highest BCUT2D eigenvalue weighted by atomic mass is 32.2. The van der Waals surface area contributed by atoms with E-state index >= 15 is 0 Å². The van der Waals surface area contributed by atoms with Crippen LogP contribution in [0.5, 0.6) is 0 Å². The summed E-state index contributed by atoms with van der Waals surface area (Å²) in [5.74, 6) is 0.726. The van der Waals surface area contributed by atoms with E-state index in [0.717, 1.165) is 5.75 Å². The fraction of sp³-hybridized carbons (Fsp3) is 0.704. The van der Waals surface area contributed by atoms with Gasteiger partial charge in [-0.3, -0.25) is 10.1 Å². The Morgan fingerprint density at radius 3 is 2.28 bits per heavy atom. The van der Waals surface area contributed by atoms with Crippen LogP contribution in [0.2, 0.25) is 18.1 Å². The molecule has 12 heteroatoms. The highest BCUT2D eigenvalue weighted by Crippen LogP contribution is 2.40. The average Bonchev–Trinajstić information content (AvgIpc) is 3.24. The molecule has 39 heavy (non-hydrogen) atoms. The Morgan fingerprint density at radius 2 is 1.72 bits per heavy atom. The number of non-ortho nitro benzene ring substituents is 1. The predicted molar refractivity (Wildman–Crippen MR) is 155 cm³/mol. The molecule has 0 N–H and O–H groups in total. The van der Waals surface area contributed by atoms with Crippen LogP contribution in [0.1, 0.15) is 53.5 Å². The first-order valence-corrected chi connectivity index (χ1v) is 17.4. The standard InChI is InChI=1S/C27H43N3O7SSi/c1-26(2,3)36-25(32)29-16-21(37-39(7,8)27(4,5)6)15-22(29)23-17-28(13-14-38-23)24(31)35-18-19-9-11-20(12-10-19)30(33)34/h9-12,21-23H,13-18H2,1-8H3/t21-,22+,23?/m1/s1. The monoisotopic (exact) mass is 581 g/mol. The maximum absolute atomic E-state index is 13.3. The van der Waals surface area contributed by atoms with Gasteiger partial charge in [-0.25, -0.2) is 9.59 Å². The van der Waals surface area contributed by atoms with E-state index in [2.05, 4.69) is 33.9 Å². The Kier molecular flexibility index (Phi) is 9.65. The smallest absolute Gasteiger partial charge is 0.410 e. The number of hydrogen-bond donors (Lipinski definition) is 0. The first-order chi connectivity index (χ1) is 18.0. The van der Waals surface area contributed by atoms with Crippen molar-refractivity contribution in [3.05, 3.63) is 39.9 Å². The minimum atomic E-state index is -2.05. The summed E-state index contributed by atoms with van der Waals surface area (Å²) in [6.45, 7) is 18.1. The van der Waals surface area contributed by atoms with Gasteiger partial charge in [-0.05, 0) is 63.0 Å². The SMILES string of the molecule is CC(C)(C)OC(=O)N1C[C@H](O[Si](C)(C)C(C)(C)C)C[C@H]1C1CN(C(=O)OCc2ccc([N+](=O)[O-])cc2)CCS1. The molecular formula is C27H43N3O7SSi. The highest BCUT2D eigenvalue weighted by Gasteiger charge is 2.47. The van der Waals surface area contributed by atoms with E-state index < -0.39 is 24.9 Å². The number of ether oxygens (including phenoxy) is 2. The highest BCUT2D eigenvalue weighted by molar-refractivity contribution is 8.00. The van der Waals surface area contributed by atoms with Crippen molar-refractivity contribution in [2.75, 3.05) is 25.4 Å². The van der Waals surface area contributed by atoms with E-state index in [1.165, 1.54) is 12.1 Å². The zero-order chi connectivity index (χ0) is 29.2. The van der Waals surface area contributed by atoms with E-state index in [4.69, 9.17) is 13.9 Å². The average molecular weight is 582 g/mol. The van der Waals surface area contributed by atoms with Crippen LogP contribution >= 0.6 is 11.8 Å². The normalized spacial score (nSPS) is 22.5. The maximum atomic E-state index is 13.3. The molecule has 2 aliphatic rings. The molecule has 0 aliphatic carbocycles. The molecule has 218 valence electrons. The van der Waals surface area contributed by atoms with Crippen molar-refractivity contribution in [2.45, 2.75) is 95.7 Å². The van der Waals surface area contributed by atoms with Gasteiger partial charge in [0.05, 0.1) is 17.1 Å². The van der Waals surface area contributed by atoms with E-state index in [-0.39, 0.29) is 40.8 Å². The third-order valence-corrected chi connectivity index (χ3v) is 13.3. The molecular weight excluding hydrogens is 538 g/mol. The van der Waals surface area contributed by atoms with Crippen molar-refractivity contribution in [1.29, 1.82) is 0 Å². The lowest BCUT2D eigenvalue weighted by molar-refractivity contribution is -0.384. The third kappa shape index (κ3) is 8.34. The van der Waals surface area contributed by atoms with Crippen molar-refractivity contribution >= 4 is 38.0 Å². The Balaban J connectivity index is 1.68. The summed E-state index contributed by atoms with van der Waals surface area (Å²) >= 11 is 1.76. The van der Waals surface area contributed by atoms with Crippen LogP contribution in [0.15, 0.2) is 24.3 Å². The van der Waals surface area contributed by atoms with Crippen molar-refractivity contribution < 1.29 is 28.4 Å². The Bertz CT molecular complexity index is 1040. The summed E-state index contributed by atoms with van der Waals surface area (Å²) in [6, 6.07) is 5.82. The number of carbonyl (C=O) groups excluding carboxylic acids is 2. The van der Waals surface area contributed by atoms with Crippen molar-refractivity contribution in [3.63, 3.8) is 0 Å². The van der Waals surface area contributed by atoms with Gasteiger partial charge >= 0.3 is 12.2 Å². The van der Waals surface area contributed by atoms with Gasteiger partial charge in [-0.1, -0.05) is 20.8 Å². The number of benzene rings is 1. The largest absolute Gasteiger partial charge is 0.445 e. The van der Waals surface area contributed by atoms with Crippen molar-refractivity contribution in [2.24, 2.45) is 0 Å². The lowest BCUT2D eigenvalue weighted by atomic mass is 10.1. The first-order valence-electron chi connectivity index (χ1n) is 13.4. The molecule has 0 radical (unpaired) electrons. The first kappa shape index (κ1) is 31.2. The van der Waals surface area contributed by atoms with Gasteiger partial charge in [0.1, 0.15) is 12.2 Å². The van der Waals surface area contributed by atoms with Crippen LogP contribution in [0.3, 0.4) is 0 Å². The molecule has 0 aromatic heterocycles. The van der Waals surface area contributed by atoms with Crippen LogP contribution in [0, 0.1) is 10.1 Å². The molecule has 0 bridgehead atoms. The van der Waals surface area contributed by atoms with Crippen LogP contribution in [-0.2, 0) is 20.5 Å². The summed E-state index contributed by atoms with van der Waals surface area (Å²) in [5.41, 5.74) is 0.0465. The Morgan fingerprint density at radius 1 is 1.08 bits per heavy atom.